The molecule has 0 aliphatic heterocycles. The first-order valence-corrected chi connectivity index (χ1v) is 13.3. The van der Waals surface area contributed by atoms with Crippen LogP contribution in [0, 0.1) is 0 Å². The number of nitrogens with zero attached hydrogens (tertiary/aromatic N) is 4. The molecule has 8 nitrogen and oxygen atoms in total. The minimum absolute atomic E-state index is 0.124. The first-order chi connectivity index (χ1) is 18.4. The van der Waals surface area contributed by atoms with Crippen molar-refractivity contribution >= 4 is 23.7 Å². The summed E-state index contributed by atoms with van der Waals surface area (Å²) in [6.45, 7) is 8.83. The molecular formula is C29H43FN6O2. The Labute approximate surface area is 227 Å². The largest absolute Gasteiger partial charge is 0.486 e. The van der Waals surface area contributed by atoms with Gasteiger partial charge in [-0.1, -0.05) is 31.2 Å². The van der Waals surface area contributed by atoms with Crippen LogP contribution in [0.1, 0.15) is 44.0 Å². The molecule has 2 rings (SSSR count). The summed E-state index contributed by atoms with van der Waals surface area (Å²) in [7, 11) is 3.94. The molecule has 0 bridgehead atoms. The summed E-state index contributed by atoms with van der Waals surface area (Å²) >= 11 is 0. The number of carbonyl (C=O) groups excluding carboxylic acids is 1. The molecule has 1 heterocycles. The summed E-state index contributed by atoms with van der Waals surface area (Å²) in [6, 6.07) is 8.02. The Hall–Kier alpha value is -3.46. The number of carbonyl (C=O) groups is 1. The number of allylic oxidation sites excluding steroid dienone is 3. The molecule has 2 aromatic rings. The summed E-state index contributed by atoms with van der Waals surface area (Å²) in [4.78, 5) is 24.3. The molecule has 0 saturated carbocycles. The van der Waals surface area contributed by atoms with Crippen molar-refractivity contribution in [1.29, 1.82) is 0 Å². The number of aromatic nitrogens is 2. The van der Waals surface area contributed by atoms with Gasteiger partial charge in [0.25, 0.3) is 0 Å². The molecule has 0 saturated heterocycles. The number of likely N-dealkylation sites (N-methyl/N-ethyl adjacent to an activating group) is 2. The lowest BCUT2D eigenvalue weighted by Gasteiger charge is -2.26. The highest BCUT2D eigenvalue weighted by molar-refractivity contribution is 5.82. The highest BCUT2D eigenvalue weighted by Crippen LogP contribution is 2.24. The Kier molecular flexibility index (Phi) is 13.9. The lowest BCUT2D eigenvalue weighted by Crippen LogP contribution is -2.32. The van der Waals surface area contributed by atoms with Crippen LogP contribution in [0.3, 0.4) is 0 Å². The van der Waals surface area contributed by atoms with E-state index in [9.17, 15) is 9.18 Å². The minimum Gasteiger partial charge on any atom is -0.486 e. The number of anilines is 3. The third kappa shape index (κ3) is 10.1. The van der Waals surface area contributed by atoms with Crippen LogP contribution in [0.5, 0.6) is 5.75 Å². The van der Waals surface area contributed by atoms with Crippen molar-refractivity contribution in [3.8, 4) is 5.75 Å². The van der Waals surface area contributed by atoms with Gasteiger partial charge in [-0.25, -0.2) is 9.37 Å². The van der Waals surface area contributed by atoms with Crippen molar-refractivity contribution in [2.24, 2.45) is 0 Å². The van der Waals surface area contributed by atoms with E-state index < -0.39 is 0 Å². The number of rotatable bonds is 18. The second-order valence-corrected chi connectivity index (χ2v) is 9.04. The number of ether oxygens (including phenoxy) is 1. The Morgan fingerprint density at radius 3 is 2.68 bits per heavy atom. The van der Waals surface area contributed by atoms with Crippen LogP contribution in [0.2, 0.25) is 0 Å². The van der Waals surface area contributed by atoms with E-state index in [1.54, 1.807) is 6.20 Å². The van der Waals surface area contributed by atoms with Crippen molar-refractivity contribution in [1.82, 2.24) is 15.3 Å². The van der Waals surface area contributed by atoms with Gasteiger partial charge in [0.05, 0.1) is 5.56 Å². The fraction of sp³-hybridized carbons (Fsp3) is 0.483. The molecule has 1 unspecified atom stereocenters. The molecule has 2 N–H and O–H groups in total. The molecule has 1 aromatic heterocycles. The second kappa shape index (κ2) is 17.1. The highest BCUT2D eigenvalue weighted by atomic mass is 19.1. The molecule has 38 heavy (non-hydrogen) atoms. The minimum atomic E-state index is -0.381. The summed E-state index contributed by atoms with van der Waals surface area (Å²) < 4.78 is 18.9. The van der Waals surface area contributed by atoms with Crippen LogP contribution in [-0.4, -0.2) is 75.9 Å². The number of halogens is 1. The predicted octanol–water partition coefficient (Wildman–Crippen LogP) is 4.90. The van der Waals surface area contributed by atoms with Crippen LogP contribution in [-0.2, 0) is 0 Å². The van der Waals surface area contributed by atoms with Gasteiger partial charge in [0.15, 0.2) is 6.29 Å². The number of benzene rings is 1. The maximum absolute atomic E-state index is 12.5. The van der Waals surface area contributed by atoms with Gasteiger partial charge in [0.2, 0.25) is 5.95 Å². The molecule has 0 fully saturated rings. The zero-order valence-electron chi connectivity index (χ0n) is 23.4. The van der Waals surface area contributed by atoms with Gasteiger partial charge in [0, 0.05) is 64.6 Å². The average molecular weight is 527 g/mol. The van der Waals surface area contributed by atoms with E-state index in [2.05, 4.69) is 57.6 Å². The summed E-state index contributed by atoms with van der Waals surface area (Å²) in [5.41, 5.74) is 2.59. The topological polar surface area (TPSA) is 82.6 Å². The quantitative estimate of drug-likeness (QED) is 0.161. The number of hydrogen-bond acceptors (Lipinski definition) is 8. The maximum atomic E-state index is 12.5. The Morgan fingerprint density at radius 1 is 1.18 bits per heavy atom. The van der Waals surface area contributed by atoms with E-state index in [-0.39, 0.29) is 12.8 Å². The molecule has 208 valence electrons. The SMILES string of the molecule is CC/C=C\C=C(/C)C(CCNCCF)Oc1cccc(N(C)CCN(C)c2nc(NCC)ncc2C=O)c1. The van der Waals surface area contributed by atoms with Gasteiger partial charge in [-0.15, -0.1) is 0 Å². The van der Waals surface area contributed by atoms with Crippen molar-refractivity contribution in [2.45, 2.75) is 39.7 Å². The molecule has 0 aliphatic carbocycles. The molecule has 0 spiro atoms. The number of aldehydes is 1. The number of hydrogen-bond donors (Lipinski definition) is 2. The van der Waals surface area contributed by atoms with Crippen LogP contribution < -0.4 is 25.2 Å². The fourth-order valence-corrected chi connectivity index (χ4v) is 3.78. The van der Waals surface area contributed by atoms with Crippen LogP contribution >= 0.6 is 0 Å². The van der Waals surface area contributed by atoms with E-state index in [0.29, 0.717) is 50.1 Å². The third-order valence-electron chi connectivity index (χ3n) is 6.02. The molecule has 9 heteroatoms. The van der Waals surface area contributed by atoms with Gasteiger partial charge in [-0.2, -0.15) is 4.98 Å². The van der Waals surface area contributed by atoms with Crippen LogP contribution in [0.15, 0.2) is 54.3 Å². The lowest BCUT2D eigenvalue weighted by molar-refractivity contribution is 0.112. The van der Waals surface area contributed by atoms with Crippen LogP contribution in [0.25, 0.3) is 0 Å². The van der Waals surface area contributed by atoms with Crippen molar-refractivity contribution in [3.05, 3.63) is 59.8 Å². The van der Waals surface area contributed by atoms with Crippen molar-refractivity contribution < 1.29 is 13.9 Å². The smallest absolute Gasteiger partial charge is 0.224 e. The molecule has 0 amide bonds. The average Bonchev–Trinajstić information content (AvgIpc) is 2.93. The third-order valence-corrected chi connectivity index (χ3v) is 6.02. The predicted molar refractivity (Wildman–Crippen MR) is 156 cm³/mol. The Bertz CT molecular complexity index is 1050. The first kappa shape index (κ1) is 30.8. The zero-order valence-corrected chi connectivity index (χ0v) is 23.4. The molecule has 0 radical (unpaired) electrons. The molecule has 1 atom stereocenters. The summed E-state index contributed by atoms with van der Waals surface area (Å²) in [5, 5.41) is 6.20. The van der Waals surface area contributed by atoms with Gasteiger partial charge >= 0.3 is 0 Å². The Balaban J connectivity index is 2.09. The van der Waals surface area contributed by atoms with Gasteiger partial charge in [0.1, 0.15) is 24.3 Å². The summed E-state index contributed by atoms with van der Waals surface area (Å²) in [5.74, 6) is 1.88. The zero-order chi connectivity index (χ0) is 27.8. The number of nitrogens with one attached hydrogen (secondary N) is 2. The summed E-state index contributed by atoms with van der Waals surface area (Å²) in [6.07, 6.45) is 10.2. The normalized spacial score (nSPS) is 12.4. The molecule has 0 aliphatic rings. The van der Waals surface area contributed by atoms with Gasteiger partial charge in [-0.3, -0.25) is 4.79 Å². The van der Waals surface area contributed by atoms with E-state index in [1.807, 2.05) is 50.2 Å². The van der Waals surface area contributed by atoms with E-state index in [0.717, 1.165) is 36.1 Å². The van der Waals surface area contributed by atoms with E-state index >= 15 is 0 Å². The molecule has 1 aromatic carbocycles. The van der Waals surface area contributed by atoms with E-state index in [4.69, 9.17) is 4.74 Å². The van der Waals surface area contributed by atoms with Gasteiger partial charge in [-0.05, 0) is 44.5 Å². The van der Waals surface area contributed by atoms with Crippen LogP contribution in [0.4, 0.5) is 21.8 Å². The number of alkyl halides is 1. The maximum Gasteiger partial charge on any atom is 0.224 e. The monoisotopic (exact) mass is 526 g/mol. The van der Waals surface area contributed by atoms with Gasteiger partial charge < -0.3 is 25.2 Å². The van der Waals surface area contributed by atoms with Crippen molar-refractivity contribution in [3.63, 3.8) is 0 Å². The second-order valence-electron chi connectivity index (χ2n) is 9.04. The van der Waals surface area contributed by atoms with Crippen molar-refractivity contribution in [2.75, 3.05) is 68.6 Å². The Morgan fingerprint density at radius 2 is 1.97 bits per heavy atom. The lowest BCUT2D eigenvalue weighted by atomic mass is 10.1. The first-order valence-electron chi connectivity index (χ1n) is 13.3. The van der Waals surface area contributed by atoms with E-state index in [1.165, 1.54) is 0 Å². The standard InChI is InChI=1S/C29H43FN6O2/c1-6-8-9-11-23(3)27(14-16-31-17-15-30)38-26-13-10-12-25(20-26)35(4)18-19-36(5)28-24(22-37)21-33-29(34-28)32-7-2/h8-13,20-22,27,31H,6-7,14-19H2,1-5H3,(H,32,33,34)/b9-8-,23-11+. The highest BCUT2D eigenvalue weighted by Gasteiger charge is 2.15. The molecular weight excluding hydrogens is 483 g/mol. The fourth-order valence-electron chi connectivity index (χ4n) is 3.78.